The van der Waals surface area contributed by atoms with Gasteiger partial charge in [-0.3, -0.25) is 4.79 Å². The van der Waals surface area contributed by atoms with E-state index in [9.17, 15) is 13.2 Å². The van der Waals surface area contributed by atoms with Crippen molar-refractivity contribution in [3.63, 3.8) is 0 Å². The highest BCUT2D eigenvalue weighted by Crippen LogP contribution is 2.01. The Morgan fingerprint density at radius 1 is 1.18 bits per heavy atom. The van der Waals surface area contributed by atoms with E-state index in [2.05, 4.69) is 4.72 Å². The van der Waals surface area contributed by atoms with Crippen LogP contribution >= 0.6 is 0 Å². The van der Waals surface area contributed by atoms with Crippen LogP contribution in [0.5, 0.6) is 0 Å². The van der Waals surface area contributed by atoms with E-state index >= 15 is 0 Å². The Hall–Kier alpha value is -0.660. The van der Waals surface area contributed by atoms with Gasteiger partial charge in [-0.05, 0) is 12.8 Å². The number of rotatable bonds is 10. The van der Waals surface area contributed by atoms with Crippen molar-refractivity contribution < 1.29 is 18.3 Å². The number of unbranched alkanes of at least 4 members (excludes halogenated alkanes) is 2. The molecular formula is C10H22N2O4S. The van der Waals surface area contributed by atoms with Crippen LogP contribution in [0.15, 0.2) is 0 Å². The Bertz CT molecular complexity index is 312. The van der Waals surface area contributed by atoms with Crippen LogP contribution in [0.3, 0.4) is 0 Å². The van der Waals surface area contributed by atoms with Gasteiger partial charge in [0.1, 0.15) is 0 Å². The minimum absolute atomic E-state index is 0.142. The van der Waals surface area contributed by atoms with E-state index in [1.54, 1.807) is 13.8 Å². The maximum Gasteiger partial charge on any atom is 0.303 e. The smallest absolute Gasteiger partial charge is 0.303 e. The van der Waals surface area contributed by atoms with Gasteiger partial charge in [-0.2, -0.15) is 12.7 Å². The fraction of sp³-hybridized carbons (Fsp3) is 0.900. The molecule has 0 heterocycles. The summed E-state index contributed by atoms with van der Waals surface area (Å²) in [5.41, 5.74) is 0. The Morgan fingerprint density at radius 3 is 2.24 bits per heavy atom. The molecule has 0 aliphatic rings. The molecule has 17 heavy (non-hydrogen) atoms. The second kappa shape index (κ2) is 8.43. The van der Waals surface area contributed by atoms with E-state index in [0.717, 1.165) is 0 Å². The molecule has 102 valence electrons. The van der Waals surface area contributed by atoms with E-state index < -0.39 is 16.2 Å². The third kappa shape index (κ3) is 7.30. The van der Waals surface area contributed by atoms with Crippen LogP contribution in [0.4, 0.5) is 0 Å². The zero-order valence-corrected chi connectivity index (χ0v) is 11.3. The molecule has 0 rings (SSSR count). The van der Waals surface area contributed by atoms with E-state index in [1.807, 2.05) is 0 Å². The van der Waals surface area contributed by atoms with Crippen LogP contribution < -0.4 is 4.72 Å². The molecule has 0 aromatic carbocycles. The first-order valence-corrected chi connectivity index (χ1v) is 7.34. The predicted octanol–water partition coefficient (Wildman–Crippen LogP) is 0.808. The van der Waals surface area contributed by atoms with Crippen LogP contribution in [-0.2, 0) is 15.0 Å². The summed E-state index contributed by atoms with van der Waals surface area (Å²) >= 11 is 0. The topological polar surface area (TPSA) is 86.7 Å². The monoisotopic (exact) mass is 266 g/mol. The maximum absolute atomic E-state index is 11.7. The zero-order chi connectivity index (χ0) is 13.3. The number of hydrogen-bond donors (Lipinski definition) is 2. The van der Waals surface area contributed by atoms with Gasteiger partial charge in [-0.25, -0.2) is 4.72 Å². The van der Waals surface area contributed by atoms with Crippen LogP contribution in [0.2, 0.25) is 0 Å². The largest absolute Gasteiger partial charge is 0.481 e. The van der Waals surface area contributed by atoms with Gasteiger partial charge in [-0.15, -0.1) is 0 Å². The summed E-state index contributed by atoms with van der Waals surface area (Å²) in [7, 11) is -3.36. The molecule has 0 saturated carbocycles. The van der Waals surface area contributed by atoms with Crippen molar-refractivity contribution in [2.24, 2.45) is 0 Å². The van der Waals surface area contributed by atoms with E-state index in [0.29, 0.717) is 38.9 Å². The van der Waals surface area contributed by atoms with Gasteiger partial charge in [0.05, 0.1) is 0 Å². The van der Waals surface area contributed by atoms with Gasteiger partial charge in [0.15, 0.2) is 0 Å². The number of nitrogens with zero attached hydrogens (tertiary/aromatic N) is 1. The molecule has 0 aromatic rings. The van der Waals surface area contributed by atoms with Gasteiger partial charge in [0.2, 0.25) is 0 Å². The minimum atomic E-state index is -3.36. The van der Waals surface area contributed by atoms with Crippen molar-refractivity contribution in [1.82, 2.24) is 9.03 Å². The summed E-state index contributed by atoms with van der Waals surface area (Å²) in [6.45, 7) is 4.83. The first kappa shape index (κ1) is 16.3. The van der Waals surface area contributed by atoms with Gasteiger partial charge < -0.3 is 5.11 Å². The van der Waals surface area contributed by atoms with Gasteiger partial charge >= 0.3 is 5.97 Å². The number of nitrogens with one attached hydrogen (secondary N) is 1. The summed E-state index contributed by atoms with van der Waals surface area (Å²) in [5, 5.41) is 8.42. The molecule has 0 aliphatic carbocycles. The Kier molecular flexibility index (Phi) is 8.11. The van der Waals surface area contributed by atoms with Gasteiger partial charge in [0, 0.05) is 26.1 Å². The lowest BCUT2D eigenvalue weighted by Crippen LogP contribution is -2.40. The summed E-state index contributed by atoms with van der Waals surface area (Å²) in [4.78, 5) is 10.2. The lowest BCUT2D eigenvalue weighted by molar-refractivity contribution is -0.137. The van der Waals surface area contributed by atoms with Crippen molar-refractivity contribution in [3.05, 3.63) is 0 Å². The molecule has 0 saturated heterocycles. The van der Waals surface area contributed by atoms with Crippen LogP contribution in [0, 0.1) is 0 Å². The average molecular weight is 266 g/mol. The molecule has 0 amide bonds. The standard InChI is InChI=1S/C10H22N2O4S/c1-3-12(4-2)17(15,16)11-9-7-5-6-8-10(13)14/h11H,3-9H2,1-2H3,(H,13,14). The molecule has 6 nitrogen and oxygen atoms in total. The van der Waals surface area contributed by atoms with Crippen molar-refractivity contribution in [2.45, 2.75) is 39.5 Å². The summed E-state index contributed by atoms with van der Waals surface area (Å²) in [6.07, 6.45) is 2.10. The second-order valence-corrected chi connectivity index (χ2v) is 5.44. The molecule has 0 atom stereocenters. The van der Waals surface area contributed by atoms with Crippen molar-refractivity contribution in [2.75, 3.05) is 19.6 Å². The molecule has 0 bridgehead atoms. The van der Waals surface area contributed by atoms with E-state index in [-0.39, 0.29) is 6.42 Å². The highest BCUT2D eigenvalue weighted by molar-refractivity contribution is 7.87. The van der Waals surface area contributed by atoms with Crippen molar-refractivity contribution >= 4 is 16.2 Å². The Morgan fingerprint density at radius 2 is 1.76 bits per heavy atom. The number of aliphatic carboxylic acids is 1. The van der Waals surface area contributed by atoms with Crippen LogP contribution in [-0.4, -0.2) is 43.4 Å². The highest BCUT2D eigenvalue weighted by Gasteiger charge is 2.16. The number of carbonyl (C=O) groups is 1. The number of hydrogen-bond acceptors (Lipinski definition) is 3. The molecular weight excluding hydrogens is 244 g/mol. The van der Waals surface area contributed by atoms with Gasteiger partial charge in [-0.1, -0.05) is 20.3 Å². The molecule has 0 radical (unpaired) electrons. The minimum Gasteiger partial charge on any atom is -0.481 e. The van der Waals surface area contributed by atoms with E-state index in [4.69, 9.17) is 5.11 Å². The summed E-state index contributed by atoms with van der Waals surface area (Å²) < 4.78 is 27.2. The lowest BCUT2D eigenvalue weighted by Gasteiger charge is -2.18. The number of carboxylic acids is 1. The quantitative estimate of drug-likeness (QED) is 0.573. The number of carboxylic acid groups (broad SMARTS) is 1. The highest BCUT2D eigenvalue weighted by atomic mass is 32.2. The molecule has 7 heteroatoms. The lowest BCUT2D eigenvalue weighted by atomic mass is 10.2. The third-order valence-electron chi connectivity index (χ3n) is 2.40. The first-order valence-electron chi connectivity index (χ1n) is 5.90. The molecule has 2 N–H and O–H groups in total. The van der Waals surface area contributed by atoms with Crippen LogP contribution in [0.25, 0.3) is 0 Å². The Labute approximate surface area is 103 Å². The molecule has 0 aliphatic heterocycles. The fourth-order valence-corrected chi connectivity index (χ4v) is 2.70. The normalized spacial score (nSPS) is 11.9. The zero-order valence-electron chi connectivity index (χ0n) is 10.5. The summed E-state index contributed by atoms with van der Waals surface area (Å²) in [6, 6.07) is 0. The van der Waals surface area contributed by atoms with Crippen LogP contribution in [0.1, 0.15) is 39.5 Å². The molecule has 0 spiro atoms. The molecule has 0 fully saturated rings. The third-order valence-corrected chi connectivity index (χ3v) is 4.16. The van der Waals surface area contributed by atoms with Gasteiger partial charge in [0.25, 0.3) is 10.2 Å². The molecule has 0 aromatic heterocycles. The first-order chi connectivity index (χ1) is 7.94. The summed E-state index contributed by atoms with van der Waals surface area (Å²) in [5.74, 6) is -0.811. The average Bonchev–Trinajstić information content (AvgIpc) is 2.24. The second-order valence-electron chi connectivity index (χ2n) is 3.69. The Balaban J connectivity index is 3.77. The van der Waals surface area contributed by atoms with E-state index in [1.165, 1.54) is 4.31 Å². The van der Waals surface area contributed by atoms with Crippen molar-refractivity contribution in [3.8, 4) is 0 Å². The molecule has 0 unspecified atom stereocenters. The van der Waals surface area contributed by atoms with Crippen molar-refractivity contribution in [1.29, 1.82) is 0 Å². The SMILES string of the molecule is CCN(CC)S(=O)(=O)NCCCCCC(=O)O. The maximum atomic E-state index is 11.7. The fourth-order valence-electron chi connectivity index (χ4n) is 1.43. The predicted molar refractivity (Wildman–Crippen MR) is 65.9 cm³/mol.